The van der Waals surface area contributed by atoms with Crippen LogP contribution in [0.25, 0.3) is 11.3 Å². The Bertz CT molecular complexity index is 1220. The first-order valence-electron chi connectivity index (χ1n) is 9.14. The van der Waals surface area contributed by atoms with Crippen molar-refractivity contribution in [2.24, 2.45) is 0 Å². The van der Waals surface area contributed by atoms with E-state index in [4.69, 9.17) is 32.6 Å². The number of ether oxygens (including phenoxy) is 1. The van der Waals surface area contributed by atoms with Gasteiger partial charge in [0.25, 0.3) is 0 Å². The highest BCUT2D eigenvalue weighted by Gasteiger charge is 2.23. The number of fused-ring (bicyclic) bond motifs is 1. The molecule has 0 aliphatic carbocycles. The fraction of sp³-hybridized carbons (Fsp3) is 0.150. The Labute approximate surface area is 186 Å². The van der Waals surface area contributed by atoms with Gasteiger partial charge in [-0.2, -0.15) is 0 Å². The van der Waals surface area contributed by atoms with Gasteiger partial charge in [0.1, 0.15) is 6.04 Å². The second-order valence-electron chi connectivity index (χ2n) is 6.50. The second-order valence-corrected chi connectivity index (χ2v) is 7.31. The van der Waals surface area contributed by atoms with Crippen LogP contribution in [0, 0.1) is 0 Å². The number of nitrogens with zero attached hydrogens (tertiary/aromatic N) is 4. The maximum atomic E-state index is 12.5. The molecule has 0 saturated carbocycles. The maximum Gasteiger partial charge on any atom is 0.328 e. The average Bonchev–Trinajstić information content (AvgIpc) is 3.23. The molecule has 0 fully saturated rings. The van der Waals surface area contributed by atoms with Crippen LogP contribution < -0.4 is 10.6 Å². The molecule has 0 saturated heterocycles. The molecule has 0 aliphatic rings. The fourth-order valence-corrected chi connectivity index (χ4v) is 3.18. The molecule has 2 aromatic heterocycles. The first-order valence-corrected chi connectivity index (χ1v) is 9.90. The lowest BCUT2D eigenvalue weighted by molar-refractivity contribution is -0.141. The highest BCUT2D eigenvalue weighted by Crippen LogP contribution is 2.29. The summed E-state index contributed by atoms with van der Waals surface area (Å²) in [7, 11) is 1.33. The molecule has 2 N–H and O–H groups in total. The molecule has 2 heterocycles. The van der Waals surface area contributed by atoms with E-state index in [9.17, 15) is 4.79 Å². The molecule has 2 aromatic carbocycles. The van der Waals surface area contributed by atoms with Crippen molar-refractivity contribution in [2.75, 3.05) is 17.7 Å². The summed E-state index contributed by atoms with van der Waals surface area (Å²) in [6.07, 6.45) is 0.372. The molecule has 0 aliphatic heterocycles. The van der Waals surface area contributed by atoms with Crippen LogP contribution in [-0.4, -0.2) is 39.4 Å². The molecule has 0 spiro atoms. The Morgan fingerprint density at radius 1 is 1.03 bits per heavy atom. The first-order chi connectivity index (χ1) is 15.0. The van der Waals surface area contributed by atoms with Crippen molar-refractivity contribution in [2.45, 2.75) is 12.5 Å². The Balaban J connectivity index is 1.69. The van der Waals surface area contributed by atoms with E-state index in [1.165, 1.54) is 7.11 Å². The monoisotopic (exact) mass is 458 g/mol. The third-order valence-corrected chi connectivity index (χ3v) is 5.11. The van der Waals surface area contributed by atoms with Gasteiger partial charge in [-0.1, -0.05) is 53.5 Å². The van der Waals surface area contributed by atoms with E-state index in [1.807, 2.05) is 30.3 Å². The van der Waals surface area contributed by atoms with E-state index < -0.39 is 12.0 Å². The normalized spacial score (nSPS) is 11.8. The Hall–Kier alpha value is -3.43. The molecule has 1 atom stereocenters. The number of aromatic nitrogens is 4. The first kappa shape index (κ1) is 20.8. The number of hydrogen-bond acceptors (Lipinski definition) is 9. The highest BCUT2D eigenvalue weighted by molar-refractivity contribution is 6.42. The third kappa shape index (κ3) is 4.84. The zero-order valence-corrected chi connectivity index (χ0v) is 17.7. The van der Waals surface area contributed by atoms with Crippen LogP contribution in [0.5, 0.6) is 0 Å². The van der Waals surface area contributed by atoms with Crippen molar-refractivity contribution in [3.63, 3.8) is 0 Å². The standard InChI is InChI=1S/C20H16Cl2N6O3/c1-30-20(29)15(9-11-5-3-2-4-6-11)24-17-16(25-18-19(26-17)28-31-27-18)23-12-7-8-13(21)14(22)10-12/h2-8,10,15H,9H2,1H3,(H,23,25,27)(H,24,26,28). The summed E-state index contributed by atoms with van der Waals surface area (Å²) in [6.45, 7) is 0. The molecule has 9 nitrogen and oxygen atoms in total. The third-order valence-electron chi connectivity index (χ3n) is 4.38. The van der Waals surface area contributed by atoms with Crippen LogP contribution in [0.4, 0.5) is 17.3 Å². The summed E-state index contributed by atoms with van der Waals surface area (Å²) < 4.78 is 9.69. The van der Waals surface area contributed by atoms with Crippen molar-refractivity contribution >= 4 is 57.8 Å². The summed E-state index contributed by atoms with van der Waals surface area (Å²) in [4.78, 5) is 21.2. The van der Waals surface area contributed by atoms with Crippen molar-refractivity contribution < 1.29 is 14.2 Å². The van der Waals surface area contributed by atoms with Gasteiger partial charge in [0, 0.05) is 12.1 Å². The number of methoxy groups -OCH3 is 1. The predicted octanol–water partition coefficient (Wildman–Crippen LogP) is 4.26. The summed E-state index contributed by atoms with van der Waals surface area (Å²) in [6, 6.07) is 13.8. The molecule has 31 heavy (non-hydrogen) atoms. The smallest absolute Gasteiger partial charge is 0.328 e. The number of rotatable bonds is 7. The zero-order valence-electron chi connectivity index (χ0n) is 16.2. The lowest BCUT2D eigenvalue weighted by Gasteiger charge is -2.19. The van der Waals surface area contributed by atoms with Crippen molar-refractivity contribution in [1.82, 2.24) is 20.3 Å². The van der Waals surface area contributed by atoms with Gasteiger partial charge in [-0.25, -0.2) is 19.4 Å². The number of anilines is 3. The lowest BCUT2D eigenvalue weighted by Crippen LogP contribution is -2.33. The summed E-state index contributed by atoms with van der Waals surface area (Å²) in [5, 5.41) is 14.4. The van der Waals surface area contributed by atoms with Crippen LogP contribution >= 0.6 is 23.2 Å². The van der Waals surface area contributed by atoms with E-state index in [-0.39, 0.29) is 17.1 Å². The number of carbonyl (C=O) groups is 1. The van der Waals surface area contributed by atoms with Gasteiger partial charge in [0.15, 0.2) is 11.6 Å². The molecule has 0 radical (unpaired) electrons. The van der Waals surface area contributed by atoms with Crippen LogP contribution in [0.1, 0.15) is 5.56 Å². The van der Waals surface area contributed by atoms with Gasteiger partial charge in [-0.15, -0.1) is 0 Å². The zero-order chi connectivity index (χ0) is 21.8. The average molecular weight is 459 g/mol. The number of esters is 1. The Kier molecular flexibility index (Phi) is 6.15. The Morgan fingerprint density at radius 2 is 1.74 bits per heavy atom. The minimum absolute atomic E-state index is 0.186. The van der Waals surface area contributed by atoms with E-state index in [1.54, 1.807) is 18.2 Å². The molecular formula is C20H16Cl2N6O3. The maximum absolute atomic E-state index is 12.5. The van der Waals surface area contributed by atoms with E-state index >= 15 is 0 Å². The number of nitrogens with one attached hydrogen (secondary N) is 2. The molecule has 4 aromatic rings. The minimum Gasteiger partial charge on any atom is -0.467 e. The molecule has 158 valence electrons. The van der Waals surface area contributed by atoms with Crippen LogP contribution in [-0.2, 0) is 16.0 Å². The van der Waals surface area contributed by atoms with E-state index in [0.29, 0.717) is 28.0 Å². The molecule has 1 unspecified atom stereocenters. The van der Waals surface area contributed by atoms with Gasteiger partial charge in [-0.3, -0.25) is 0 Å². The SMILES string of the molecule is COC(=O)C(Cc1ccccc1)Nc1nc2nonc2nc1Nc1ccc(Cl)c(Cl)c1. The van der Waals surface area contributed by atoms with Gasteiger partial charge < -0.3 is 15.4 Å². The molecule has 0 amide bonds. The number of hydrogen-bond donors (Lipinski definition) is 2. The van der Waals surface area contributed by atoms with E-state index in [2.05, 4.69) is 30.9 Å². The van der Waals surface area contributed by atoms with Gasteiger partial charge in [0.2, 0.25) is 11.3 Å². The fourth-order valence-electron chi connectivity index (χ4n) is 2.89. The van der Waals surface area contributed by atoms with Crippen molar-refractivity contribution in [3.05, 3.63) is 64.1 Å². The number of halogens is 2. The Morgan fingerprint density at radius 3 is 2.42 bits per heavy atom. The molecular weight excluding hydrogens is 443 g/mol. The largest absolute Gasteiger partial charge is 0.467 e. The van der Waals surface area contributed by atoms with Crippen LogP contribution in [0.15, 0.2) is 53.2 Å². The van der Waals surface area contributed by atoms with Gasteiger partial charge >= 0.3 is 5.97 Å². The number of carbonyl (C=O) groups excluding carboxylic acids is 1. The van der Waals surface area contributed by atoms with E-state index in [0.717, 1.165) is 5.56 Å². The lowest BCUT2D eigenvalue weighted by atomic mass is 10.1. The summed E-state index contributed by atoms with van der Waals surface area (Å²) in [5.41, 5.74) is 1.94. The molecule has 11 heteroatoms. The molecule has 4 rings (SSSR count). The van der Waals surface area contributed by atoms with Crippen molar-refractivity contribution in [1.29, 1.82) is 0 Å². The van der Waals surface area contributed by atoms with Crippen LogP contribution in [0.3, 0.4) is 0 Å². The van der Waals surface area contributed by atoms with Gasteiger partial charge in [0.05, 0.1) is 17.2 Å². The summed E-state index contributed by atoms with van der Waals surface area (Å²) in [5.74, 6) is 0.105. The molecule has 0 bridgehead atoms. The summed E-state index contributed by atoms with van der Waals surface area (Å²) >= 11 is 12.1. The topological polar surface area (TPSA) is 115 Å². The van der Waals surface area contributed by atoms with Gasteiger partial charge in [-0.05, 0) is 34.1 Å². The predicted molar refractivity (Wildman–Crippen MR) is 117 cm³/mol. The highest BCUT2D eigenvalue weighted by atomic mass is 35.5. The van der Waals surface area contributed by atoms with Crippen LogP contribution in [0.2, 0.25) is 10.0 Å². The van der Waals surface area contributed by atoms with Crippen molar-refractivity contribution in [3.8, 4) is 0 Å². The second kappa shape index (κ2) is 9.15. The quantitative estimate of drug-likeness (QED) is 0.391. The minimum atomic E-state index is -0.728. The number of benzene rings is 2.